The number of para-hydroxylation sites is 2. The molecule has 5 heterocycles. The Labute approximate surface area is 292 Å². The van der Waals surface area contributed by atoms with Gasteiger partial charge in [0.15, 0.2) is 0 Å². The molecule has 0 saturated heterocycles. The molecule has 0 spiro atoms. The van der Waals surface area contributed by atoms with Crippen LogP contribution in [0.1, 0.15) is 17.0 Å². The predicted octanol–water partition coefficient (Wildman–Crippen LogP) is 6.63. The van der Waals surface area contributed by atoms with E-state index in [0.29, 0.717) is 17.0 Å². The van der Waals surface area contributed by atoms with Crippen molar-refractivity contribution in [3.63, 3.8) is 0 Å². The molecule has 50 heavy (non-hydrogen) atoms. The zero-order valence-corrected chi connectivity index (χ0v) is 27.8. The molecule has 0 saturated carbocycles. The zero-order chi connectivity index (χ0) is 35.2. The van der Waals surface area contributed by atoms with Crippen LogP contribution in [0.4, 0.5) is 35.1 Å². The van der Waals surface area contributed by atoms with Gasteiger partial charge in [-0.2, -0.15) is 32.4 Å². The van der Waals surface area contributed by atoms with E-state index < -0.39 is 35.4 Å². The summed E-state index contributed by atoms with van der Waals surface area (Å²) in [4.78, 5) is 7.75. The predicted molar refractivity (Wildman–Crippen MR) is 158 cm³/mol. The Balaban J connectivity index is 0.000000169. The third-order valence-electron chi connectivity index (χ3n) is 6.57. The minimum atomic E-state index is -4.46. The minimum Gasteiger partial charge on any atom is -0.573 e. The molecule has 17 heteroatoms. The van der Waals surface area contributed by atoms with Gasteiger partial charge in [-0.25, -0.2) is 0 Å². The van der Waals surface area contributed by atoms with Crippen LogP contribution < -0.4 is 14.8 Å². The van der Waals surface area contributed by atoms with Crippen LogP contribution in [-0.4, -0.2) is 24.7 Å². The number of nitrogens with zero attached hydrogens (tertiary/aromatic N) is 8. The molecule has 2 aromatic carbocycles. The second-order valence-corrected chi connectivity index (χ2v) is 10.0. The van der Waals surface area contributed by atoms with E-state index in [0.717, 1.165) is 35.3 Å². The molecule has 0 atom stereocenters. The number of pyridine rings is 2. The van der Waals surface area contributed by atoms with Gasteiger partial charge in [0.05, 0.1) is 13.6 Å². The summed E-state index contributed by atoms with van der Waals surface area (Å²) < 4.78 is 103. The number of imidazole rings is 1. The topological polar surface area (TPSA) is 88.6 Å². The van der Waals surface area contributed by atoms with E-state index >= 15 is 0 Å². The number of aryl methyl sites for hydroxylation is 1. The van der Waals surface area contributed by atoms with E-state index in [9.17, 15) is 35.1 Å². The van der Waals surface area contributed by atoms with Crippen LogP contribution in [0.5, 0.6) is 0 Å². The molecule has 7 rings (SSSR count). The molecule has 0 N–H and O–H groups in total. The maximum atomic E-state index is 13.6. The minimum absolute atomic E-state index is 0. The largest absolute Gasteiger partial charge is 0.573 e. The summed E-state index contributed by atoms with van der Waals surface area (Å²) >= 11 is 0. The summed E-state index contributed by atoms with van der Waals surface area (Å²) in [5, 5.41) is 12.9. The number of rotatable bonds is 4. The Morgan fingerprint density at radius 3 is 1.72 bits per heavy atom. The van der Waals surface area contributed by atoms with Crippen LogP contribution in [0.25, 0.3) is 33.8 Å². The Bertz CT molecular complexity index is 2040. The third kappa shape index (κ3) is 9.45. The molecular weight excluding hydrogens is 853 g/mol. The molecular formula is C33H21F8IrN8-3. The first-order valence-corrected chi connectivity index (χ1v) is 14.0. The van der Waals surface area contributed by atoms with Gasteiger partial charge >= 0.3 is 12.4 Å². The molecule has 7 aromatic rings. The van der Waals surface area contributed by atoms with Crippen molar-refractivity contribution in [3.05, 3.63) is 138 Å². The molecule has 1 radical (unpaired) electrons. The van der Waals surface area contributed by atoms with Crippen LogP contribution in [0.15, 0.2) is 97.3 Å². The van der Waals surface area contributed by atoms with E-state index in [4.69, 9.17) is 0 Å². The molecule has 0 unspecified atom stereocenters. The van der Waals surface area contributed by atoms with Gasteiger partial charge < -0.3 is 29.5 Å². The maximum absolute atomic E-state index is 13.6. The van der Waals surface area contributed by atoms with Crippen LogP contribution in [0.2, 0.25) is 0 Å². The number of halogens is 8. The van der Waals surface area contributed by atoms with E-state index in [1.807, 2.05) is 35.9 Å². The van der Waals surface area contributed by atoms with Crippen molar-refractivity contribution < 1.29 is 59.8 Å². The number of hydrogen-bond acceptors (Lipinski definition) is 4. The van der Waals surface area contributed by atoms with Crippen molar-refractivity contribution in [2.75, 3.05) is 0 Å². The first-order chi connectivity index (χ1) is 23.3. The summed E-state index contributed by atoms with van der Waals surface area (Å²) in [5.74, 6) is -1.21. The summed E-state index contributed by atoms with van der Waals surface area (Å²) in [5.41, 5.74) is 1.28. The van der Waals surface area contributed by atoms with Crippen LogP contribution in [-0.2, 0) is 46.1 Å². The van der Waals surface area contributed by atoms with Crippen molar-refractivity contribution >= 4 is 11.0 Å². The van der Waals surface area contributed by atoms with Crippen LogP contribution in [0, 0.1) is 24.0 Å². The Hall–Kier alpha value is -5.28. The van der Waals surface area contributed by atoms with E-state index in [-0.39, 0.29) is 38.0 Å². The molecule has 0 amide bonds. The zero-order valence-electron chi connectivity index (χ0n) is 25.4. The standard InChI is InChI=1S/C15H11F2N2.2C9H5F3N3.Ir/c1-18-10-19(15-5-3-2-4-14(15)18)9-11-6-7-12(16)8-13(11)17;2*10-9(11,12)8-5-7(14-15-8)6-3-1-2-4-13-6;/h2-5,7-8H,9H2,1H3;2*1-5H;/q3*-1;. The monoisotopic (exact) mass is 874 g/mol. The van der Waals surface area contributed by atoms with E-state index in [2.05, 4.69) is 42.8 Å². The van der Waals surface area contributed by atoms with Crippen molar-refractivity contribution in [1.82, 2.24) is 34.9 Å². The second kappa shape index (κ2) is 16.0. The van der Waals surface area contributed by atoms with Gasteiger partial charge in [0.2, 0.25) is 6.33 Å². The number of alkyl halides is 6. The van der Waals surface area contributed by atoms with Gasteiger partial charge in [0.1, 0.15) is 11.4 Å². The Morgan fingerprint density at radius 2 is 1.26 bits per heavy atom. The smallest absolute Gasteiger partial charge is 0.431 e. The molecule has 0 aliphatic rings. The number of benzene rings is 2. The molecule has 8 nitrogen and oxygen atoms in total. The number of aromatic nitrogens is 8. The van der Waals surface area contributed by atoms with Crippen LogP contribution >= 0.6 is 0 Å². The quantitative estimate of drug-likeness (QED) is 0.112. The molecule has 261 valence electrons. The van der Waals surface area contributed by atoms with E-state index in [1.54, 1.807) is 41.0 Å². The fourth-order valence-corrected chi connectivity index (χ4v) is 4.29. The van der Waals surface area contributed by atoms with Gasteiger partial charge in [-0.1, -0.05) is 53.3 Å². The fraction of sp³-hybridized carbons (Fsp3) is 0.121. The SMILES string of the molecule is Cn1[c-][n+](Cc2[c-]cc(F)cc2F)c2ccccc21.FC(F)(F)c1cc(-c2ccccn2)[n-]n1.FC(F)(F)c1cc(-c2ccccn2)[n-]n1.[Ir]. The summed E-state index contributed by atoms with van der Waals surface area (Å²) in [6.07, 6.45) is -2.85. The van der Waals surface area contributed by atoms with Gasteiger partial charge in [0, 0.05) is 66.6 Å². The normalized spacial score (nSPS) is 11.2. The van der Waals surface area contributed by atoms with Crippen molar-refractivity contribution in [2.24, 2.45) is 7.05 Å². The maximum Gasteiger partial charge on any atom is 0.431 e. The second-order valence-electron chi connectivity index (χ2n) is 10.0. The average molecular weight is 874 g/mol. The fourth-order valence-electron chi connectivity index (χ4n) is 4.29. The van der Waals surface area contributed by atoms with E-state index in [1.165, 1.54) is 12.4 Å². The Kier molecular flexibility index (Phi) is 12.0. The molecule has 0 aliphatic heterocycles. The summed E-state index contributed by atoms with van der Waals surface area (Å²) in [6, 6.07) is 24.0. The molecule has 5 aromatic heterocycles. The Morgan fingerprint density at radius 1 is 0.740 bits per heavy atom. The van der Waals surface area contributed by atoms with Gasteiger partial charge in [-0.3, -0.25) is 18.7 Å². The van der Waals surface area contributed by atoms with Gasteiger partial charge in [0.25, 0.3) is 0 Å². The number of hydrogen-bond donors (Lipinski definition) is 0. The summed E-state index contributed by atoms with van der Waals surface area (Å²) in [6.45, 7) is 0.271. The van der Waals surface area contributed by atoms with Crippen molar-refractivity contribution in [1.29, 1.82) is 0 Å². The first-order valence-electron chi connectivity index (χ1n) is 14.0. The molecule has 0 fully saturated rings. The summed E-state index contributed by atoms with van der Waals surface area (Å²) in [7, 11) is 1.88. The van der Waals surface area contributed by atoms with Gasteiger partial charge in [-0.05, 0) is 36.4 Å². The first kappa shape index (κ1) is 37.5. The number of fused-ring (bicyclic) bond motifs is 1. The average Bonchev–Trinajstić information content (AvgIpc) is 3.84. The molecule has 0 bridgehead atoms. The van der Waals surface area contributed by atoms with Crippen molar-refractivity contribution in [3.8, 4) is 22.8 Å². The van der Waals surface area contributed by atoms with Crippen LogP contribution in [0.3, 0.4) is 0 Å². The third-order valence-corrected chi connectivity index (χ3v) is 6.57. The van der Waals surface area contributed by atoms with Gasteiger partial charge in [-0.15, -0.1) is 12.1 Å². The molecule has 0 aliphatic carbocycles. The van der Waals surface area contributed by atoms with Crippen molar-refractivity contribution in [2.45, 2.75) is 18.9 Å².